The lowest BCUT2D eigenvalue weighted by Gasteiger charge is -2.28. The number of hydroxylamine groups is 1. The number of imide groups is 3. The standard InChI is InChI=1S/C24H27N3O6/c1-3-5-13-32-17-12-11-15(14-18(17)31-4-2)20-19-21(23(29)26(22(19)28)24(25)30)33-27(20)16-9-7-6-8-10-16/h6-12,14,19-21H,3-5,13H2,1-2H3,(H2,25,30)/t19-,20+,21+/m1/s1. The zero-order chi connectivity index (χ0) is 23.5. The first kappa shape index (κ1) is 22.6. The number of benzene rings is 2. The molecular weight excluding hydrogens is 426 g/mol. The van der Waals surface area contributed by atoms with E-state index in [1.807, 2.05) is 43.3 Å². The summed E-state index contributed by atoms with van der Waals surface area (Å²) in [5.74, 6) is -1.24. The Kier molecular flexibility index (Phi) is 6.50. The van der Waals surface area contributed by atoms with Crippen molar-refractivity contribution in [2.45, 2.75) is 38.8 Å². The van der Waals surface area contributed by atoms with Crippen LogP contribution in [0.25, 0.3) is 0 Å². The van der Waals surface area contributed by atoms with Crippen LogP contribution in [-0.2, 0) is 14.4 Å². The van der Waals surface area contributed by atoms with Crippen LogP contribution in [0.1, 0.15) is 38.3 Å². The van der Waals surface area contributed by atoms with Gasteiger partial charge in [-0.1, -0.05) is 37.6 Å². The van der Waals surface area contributed by atoms with Crippen LogP contribution >= 0.6 is 0 Å². The fourth-order valence-corrected chi connectivity index (χ4v) is 4.19. The van der Waals surface area contributed by atoms with Crippen molar-refractivity contribution >= 4 is 23.5 Å². The Morgan fingerprint density at radius 1 is 1.03 bits per heavy atom. The van der Waals surface area contributed by atoms with Crippen LogP contribution in [-0.4, -0.2) is 42.1 Å². The first-order valence-corrected chi connectivity index (χ1v) is 11.1. The first-order valence-electron chi connectivity index (χ1n) is 11.1. The van der Waals surface area contributed by atoms with Crippen molar-refractivity contribution in [3.05, 3.63) is 54.1 Å². The number of hydrogen-bond donors (Lipinski definition) is 1. The van der Waals surface area contributed by atoms with Crippen molar-refractivity contribution in [3.8, 4) is 11.5 Å². The van der Waals surface area contributed by atoms with Crippen molar-refractivity contribution in [1.82, 2.24) is 4.90 Å². The van der Waals surface area contributed by atoms with Crippen LogP contribution in [0.15, 0.2) is 48.5 Å². The van der Waals surface area contributed by atoms with E-state index in [1.54, 1.807) is 17.2 Å². The second-order valence-electron chi connectivity index (χ2n) is 7.85. The van der Waals surface area contributed by atoms with Crippen molar-refractivity contribution in [3.63, 3.8) is 0 Å². The molecule has 2 fully saturated rings. The number of primary amides is 1. The number of urea groups is 1. The van der Waals surface area contributed by atoms with Gasteiger partial charge in [-0.25, -0.2) is 9.86 Å². The predicted octanol–water partition coefficient (Wildman–Crippen LogP) is 3.19. The highest BCUT2D eigenvalue weighted by Gasteiger charge is 2.61. The molecule has 0 unspecified atom stereocenters. The van der Waals surface area contributed by atoms with Crippen molar-refractivity contribution in [1.29, 1.82) is 0 Å². The van der Waals surface area contributed by atoms with Crippen molar-refractivity contribution < 1.29 is 28.7 Å². The summed E-state index contributed by atoms with van der Waals surface area (Å²) in [5.41, 5.74) is 6.65. The number of anilines is 1. The second kappa shape index (κ2) is 9.50. The Balaban J connectivity index is 1.76. The maximum Gasteiger partial charge on any atom is 0.328 e. The van der Waals surface area contributed by atoms with E-state index in [2.05, 4.69) is 6.92 Å². The number of para-hydroxylation sites is 1. The molecule has 2 N–H and O–H groups in total. The summed E-state index contributed by atoms with van der Waals surface area (Å²) >= 11 is 0. The van der Waals surface area contributed by atoms with E-state index in [0.717, 1.165) is 12.8 Å². The monoisotopic (exact) mass is 453 g/mol. The number of amides is 4. The molecular formula is C24H27N3O6. The molecule has 9 heteroatoms. The highest BCUT2D eigenvalue weighted by molar-refractivity contribution is 6.18. The largest absolute Gasteiger partial charge is 0.490 e. The minimum atomic E-state index is -1.15. The van der Waals surface area contributed by atoms with Crippen LogP contribution in [0.3, 0.4) is 0 Å². The third-order valence-electron chi connectivity index (χ3n) is 5.71. The molecule has 2 heterocycles. The summed E-state index contributed by atoms with van der Waals surface area (Å²) in [6.45, 7) is 4.94. The van der Waals surface area contributed by atoms with Crippen LogP contribution < -0.4 is 20.3 Å². The van der Waals surface area contributed by atoms with E-state index in [9.17, 15) is 14.4 Å². The zero-order valence-corrected chi connectivity index (χ0v) is 18.6. The lowest BCUT2D eigenvalue weighted by molar-refractivity contribution is -0.139. The fraction of sp³-hybridized carbons (Fsp3) is 0.375. The molecule has 0 radical (unpaired) electrons. The van der Waals surface area contributed by atoms with Crippen LogP contribution in [0.2, 0.25) is 0 Å². The summed E-state index contributed by atoms with van der Waals surface area (Å²) in [4.78, 5) is 44.0. The van der Waals surface area contributed by atoms with Crippen molar-refractivity contribution in [2.24, 2.45) is 11.7 Å². The molecule has 2 aromatic rings. The summed E-state index contributed by atoms with van der Waals surface area (Å²) in [6.07, 6.45) is 0.768. The van der Waals surface area contributed by atoms with Gasteiger partial charge >= 0.3 is 6.03 Å². The van der Waals surface area contributed by atoms with Gasteiger partial charge < -0.3 is 15.2 Å². The van der Waals surface area contributed by atoms with Gasteiger partial charge in [-0.15, -0.1) is 0 Å². The van der Waals surface area contributed by atoms with E-state index in [1.165, 1.54) is 0 Å². The molecule has 0 saturated carbocycles. The molecule has 2 saturated heterocycles. The average Bonchev–Trinajstić information content (AvgIpc) is 3.31. The van der Waals surface area contributed by atoms with E-state index in [4.69, 9.17) is 20.0 Å². The van der Waals surface area contributed by atoms with E-state index in [0.29, 0.717) is 40.9 Å². The Labute approximate surface area is 191 Å². The fourth-order valence-electron chi connectivity index (χ4n) is 4.19. The third kappa shape index (κ3) is 4.11. The minimum absolute atomic E-state index is 0.427. The van der Waals surface area contributed by atoms with Gasteiger partial charge in [-0.2, -0.15) is 4.90 Å². The number of ether oxygens (including phenoxy) is 2. The van der Waals surface area contributed by atoms with Gasteiger partial charge in [-0.3, -0.25) is 14.4 Å². The zero-order valence-electron chi connectivity index (χ0n) is 18.6. The molecule has 4 amide bonds. The molecule has 0 bridgehead atoms. The van der Waals surface area contributed by atoms with Gasteiger partial charge in [0.1, 0.15) is 5.92 Å². The number of carbonyl (C=O) groups excluding carboxylic acids is 3. The number of nitrogens with zero attached hydrogens (tertiary/aromatic N) is 2. The molecule has 2 aliphatic rings. The van der Waals surface area contributed by atoms with E-state index >= 15 is 0 Å². The van der Waals surface area contributed by atoms with Gasteiger partial charge in [-0.05, 0) is 43.2 Å². The van der Waals surface area contributed by atoms with E-state index in [-0.39, 0.29) is 0 Å². The maximum atomic E-state index is 13.1. The van der Waals surface area contributed by atoms with Gasteiger partial charge in [0.2, 0.25) is 5.91 Å². The van der Waals surface area contributed by atoms with Crippen LogP contribution in [0.5, 0.6) is 11.5 Å². The summed E-state index contributed by atoms with van der Waals surface area (Å²) < 4.78 is 11.7. The first-order chi connectivity index (χ1) is 16.0. The Morgan fingerprint density at radius 3 is 2.45 bits per heavy atom. The number of rotatable bonds is 8. The Morgan fingerprint density at radius 2 is 1.79 bits per heavy atom. The molecule has 0 aromatic heterocycles. The quantitative estimate of drug-likeness (QED) is 0.483. The Bertz CT molecular complexity index is 1040. The molecule has 2 aromatic carbocycles. The topological polar surface area (TPSA) is 111 Å². The SMILES string of the molecule is CCCCOc1ccc([C@H]2[C@H]3C(=O)N(C(N)=O)C(=O)[C@H]3ON2c2ccccc2)cc1OCC. The number of likely N-dealkylation sites (tertiary alicyclic amines) is 1. The summed E-state index contributed by atoms with van der Waals surface area (Å²) in [5, 5.41) is 1.55. The number of hydrogen-bond acceptors (Lipinski definition) is 7. The third-order valence-corrected chi connectivity index (χ3v) is 5.71. The minimum Gasteiger partial charge on any atom is -0.490 e. The lowest BCUT2D eigenvalue weighted by atomic mass is 9.90. The molecule has 3 atom stereocenters. The lowest BCUT2D eigenvalue weighted by Crippen LogP contribution is -2.44. The molecule has 2 aliphatic heterocycles. The Hall–Kier alpha value is -3.59. The summed E-state index contributed by atoms with van der Waals surface area (Å²) in [6, 6.07) is 12.8. The smallest absolute Gasteiger partial charge is 0.328 e. The van der Waals surface area contributed by atoms with Crippen LogP contribution in [0, 0.1) is 5.92 Å². The molecule has 4 rings (SSSR count). The highest BCUT2D eigenvalue weighted by atomic mass is 16.7. The van der Waals surface area contributed by atoms with Gasteiger partial charge in [0.25, 0.3) is 5.91 Å². The second-order valence-corrected chi connectivity index (χ2v) is 7.85. The number of unbranched alkanes of at least 4 members (excludes halogenated alkanes) is 1. The number of fused-ring (bicyclic) bond motifs is 1. The van der Waals surface area contributed by atoms with Gasteiger partial charge in [0.15, 0.2) is 17.6 Å². The van der Waals surface area contributed by atoms with Crippen molar-refractivity contribution in [2.75, 3.05) is 18.3 Å². The predicted molar refractivity (Wildman–Crippen MR) is 119 cm³/mol. The normalized spacial score (nSPS) is 21.9. The number of nitrogens with two attached hydrogens (primary N) is 1. The molecule has 0 aliphatic carbocycles. The molecule has 9 nitrogen and oxygen atoms in total. The average molecular weight is 453 g/mol. The van der Waals surface area contributed by atoms with Gasteiger partial charge in [0.05, 0.1) is 24.9 Å². The molecule has 0 spiro atoms. The highest BCUT2D eigenvalue weighted by Crippen LogP contribution is 2.47. The number of carbonyl (C=O) groups is 3. The maximum absolute atomic E-state index is 13.1. The van der Waals surface area contributed by atoms with Crippen LogP contribution in [0.4, 0.5) is 10.5 Å². The molecule has 33 heavy (non-hydrogen) atoms. The van der Waals surface area contributed by atoms with E-state index < -0.39 is 35.9 Å². The van der Waals surface area contributed by atoms with Gasteiger partial charge in [0, 0.05) is 0 Å². The summed E-state index contributed by atoms with van der Waals surface area (Å²) in [7, 11) is 0. The molecule has 174 valence electrons.